The first-order valence-corrected chi connectivity index (χ1v) is 8.58. The molecule has 7 nitrogen and oxygen atoms in total. The lowest BCUT2D eigenvalue weighted by Gasteiger charge is -2.39. The van der Waals surface area contributed by atoms with Crippen molar-refractivity contribution in [2.75, 3.05) is 18.0 Å². The van der Waals surface area contributed by atoms with E-state index in [1.807, 2.05) is 13.0 Å². The largest absolute Gasteiger partial charge is 0.325 e. The number of carbonyl (C=O) groups excluding carboxylic acids is 2. The van der Waals surface area contributed by atoms with Crippen LogP contribution >= 0.6 is 11.6 Å². The molecule has 132 valence electrons. The van der Waals surface area contributed by atoms with Crippen LogP contribution in [0.15, 0.2) is 42.5 Å². The number of aromatic amines is 1. The molecule has 2 heterocycles. The lowest BCUT2D eigenvalue weighted by atomic mass is 10.1. The van der Waals surface area contributed by atoms with Gasteiger partial charge in [-0.15, -0.1) is 0 Å². The molecule has 26 heavy (non-hydrogen) atoms. The van der Waals surface area contributed by atoms with Crippen molar-refractivity contribution in [3.63, 3.8) is 0 Å². The van der Waals surface area contributed by atoms with Gasteiger partial charge in [-0.05, 0) is 43.3 Å². The highest BCUT2D eigenvalue weighted by molar-refractivity contribution is 6.31. The minimum Gasteiger partial charge on any atom is -0.325 e. The number of H-pyrrole nitrogens is 1. The molecule has 1 saturated heterocycles. The molecular weight excluding hydrogens is 354 g/mol. The van der Waals surface area contributed by atoms with Crippen molar-refractivity contribution in [2.24, 2.45) is 0 Å². The molecule has 2 aromatic carbocycles. The van der Waals surface area contributed by atoms with E-state index >= 15 is 0 Å². The Balaban J connectivity index is 1.57. The molecule has 0 radical (unpaired) electrons. The lowest BCUT2D eigenvalue weighted by molar-refractivity contribution is -0.121. The molecule has 0 saturated carbocycles. The standard InChI is InChI=1S/C18H16ClN5O2/c1-11-9-24(14-4-2-3-13(19)8-14)17(25)10-23(11)18(26)12-5-6-15-16(7-12)21-22-20-15/h2-8,11H,9-10H2,1H3,(H,20,21,22)/t11-/m1/s1. The second-order valence-corrected chi connectivity index (χ2v) is 6.73. The van der Waals surface area contributed by atoms with Gasteiger partial charge in [-0.1, -0.05) is 17.7 Å². The molecule has 1 N–H and O–H groups in total. The van der Waals surface area contributed by atoms with Crippen LogP contribution in [0.3, 0.4) is 0 Å². The van der Waals surface area contributed by atoms with E-state index in [9.17, 15) is 9.59 Å². The number of aromatic nitrogens is 3. The number of fused-ring (bicyclic) bond motifs is 1. The summed E-state index contributed by atoms with van der Waals surface area (Å²) in [5.41, 5.74) is 2.54. The fourth-order valence-electron chi connectivity index (χ4n) is 3.16. The number of nitrogens with zero attached hydrogens (tertiary/aromatic N) is 4. The third kappa shape index (κ3) is 2.90. The number of nitrogens with one attached hydrogen (secondary N) is 1. The van der Waals surface area contributed by atoms with Crippen LogP contribution in [0.25, 0.3) is 11.0 Å². The second-order valence-electron chi connectivity index (χ2n) is 6.29. The molecule has 8 heteroatoms. The molecule has 3 aromatic rings. The average molecular weight is 370 g/mol. The maximum Gasteiger partial charge on any atom is 0.254 e. The van der Waals surface area contributed by atoms with Crippen LogP contribution in [-0.2, 0) is 4.79 Å². The summed E-state index contributed by atoms with van der Waals surface area (Å²) in [6, 6.07) is 12.1. The molecule has 0 spiro atoms. The van der Waals surface area contributed by atoms with Gasteiger partial charge in [0, 0.05) is 28.9 Å². The number of rotatable bonds is 2. The zero-order valence-electron chi connectivity index (χ0n) is 14.0. The lowest BCUT2D eigenvalue weighted by Crippen LogP contribution is -2.57. The van der Waals surface area contributed by atoms with E-state index < -0.39 is 0 Å². The summed E-state index contributed by atoms with van der Waals surface area (Å²) in [4.78, 5) is 28.8. The number of piperazine rings is 1. The molecule has 4 rings (SSSR count). The SMILES string of the molecule is C[C@@H]1CN(c2cccc(Cl)c2)C(=O)CN1C(=O)c1ccc2n[nH]nc2c1. The molecule has 1 aliphatic rings. The van der Waals surface area contributed by atoms with Crippen LogP contribution in [0.5, 0.6) is 0 Å². The number of carbonyl (C=O) groups is 2. The Kier molecular flexibility index (Phi) is 4.08. The van der Waals surface area contributed by atoms with Gasteiger partial charge in [0.25, 0.3) is 5.91 Å². The maximum absolute atomic E-state index is 12.9. The first-order chi connectivity index (χ1) is 12.5. The molecule has 1 aromatic heterocycles. The molecule has 1 aliphatic heterocycles. The van der Waals surface area contributed by atoms with Gasteiger partial charge in [0.1, 0.15) is 17.6 Å². The van der Waals surface area contributed by atoms with Crippen LogP contribution in [0, 0.1) is 0 Å². The first-order valence-electron chi connectivity index (χ1n) is 8.20. The van der Waals surface area contributed by atoms with E-state index in [1.54, 1.807) is 46.2 Å². The highest BCUT2D eigenvalue weighted by Gasteiger charge is 2.33. The molecule has 2 amide bonds. The van der Waals surface area contributed by atoms with Gasteiger partial charge in [-0.3, -0.25) is 9.59 Å². The fraction of sp³-hybridized carbons (Fsp3) is 0.222. The Hall–Kier alpha value is -2.93. The van der Waals surface area contributed by atoms with Gasteiger partial charge < -0.3 is 9.80 Å². The van der Waals surface area contributed by atoms with Crippen LogP contribution in [0.1, 0.15) is 17.3 Å². The van der Waals surface area contributed by atoms with E-state index in [2.05, 4.69) is 15.4 Å². The van der Waals surface area contributed by atoms with E-state index in [-0.39, 0.29) is 24.4 Å². The van der Waals surface area contributed by atoms with Crippen LogP contribution < -0.4 is 4.90 Å². The number of amides is 2. The highest BCUT2D eigenvalue weighted by Crippen LogP contribution is 2.24. The van der Waals surface area contributed by atoms with Crippen molar-refractivity contribution < 1.29 is 9.59 Å². The van der Waals surface area contributed by atoms with E-state index in [0.29, 0.717) is 28.2 Å². The normalized spacial score (nSPS) is 17.8. The summed E-state index contributed by atoms with van der Waals surface area (Å²) in [7, 11) is 0. The topological polar surface area (TPSA) is 82.2 Å². The molecule has 0 unspecified atom stereocenters. The molecule has 0 bridgehead atoms. The molecule has 0 aliphatic carbocycles. The number of halogens is 1. The van der Waals surface area contributed by atoms with Crippen molar-refractivity contribution in [1.29, 1.82) is 0 Å². The molecule has 1 atom stereocenters. The Labute approximate surface area is 154 Å². The second kappa shape index (κ2) is 6.42. The van der Waals surface area contributed by atoms with Crippen LogP contribution in [-0.4, -0.2) is 51.3 Å². The summed E-state index contributed by atoms with van der Waals surface area (Å²) in [6.45, 7) is 2.36. The van der Waals surface area contributed by atoms with E-state index in [4.69, 9.17) is 11.6 Å². The minimum absolute atomic E-state index is 0.0172. The Morgan fingerprint density at radius 1 is 1.19 bits per heavy atom. The summed E-state index contributed by atoms with van der Waals surface area (Å²) in [5, 5.41) is 11.1. The van der Waals surface area contributed by atoms with Gasteiger partial charge >= 0.3 is 0 Å². The third-order valence-electron chi connectivity index (χ3n) is 4.53. The van der Waals surface area contributed by atoms with Crippen molar-refractivity contribution in [3.05, 3.63) is 53.1 Å². The highest BCUT2D eigenvalue weighted by atomic mass is 35.5. The smallest absolute Gasteiger partial charge is 0.254 e. The summed E-state index contributed by atoms with van der Waals surface area (Å²) in [6.07, 6.45) is 0. The van der Waals surface area contributed by atoms with E-state index in [1.165, 1.54) is 0 Å². The van der Waals surface area contributed by atoms with Crippen molar-refractivity contribution in [1.82, 2.24) is 20.3 Å². The molecular formula is C18H16ClN5O2. The van der Waals surface area contributed by atoms with E-state index in [0.717, 1.165) is 5.69 Å². The summed E-state index contributed by atoms with van der Waals surface area (Å²) >= 11 is 6.03. The van der Waals surface area contributed by atoms with Gasteiger partial charge in [-0.25, -0.2) is 0 Å². The zero-order chi connectivity index (χ0) is 18.3. The number of hydrogen-bond acceptors (Lipinski definition) is 4. The number of hydrogen-bond donors (Lipinski definition) is 1. The van der Waals surface area contributed by atoms with Crippen molar-refractivity contribution in [3.8, 4) is 0 Å². The van der Waals surface area contributed by atoms with Crippen LogP contribution in [0.2, 0.25) is 5.02 Å². The van der Waals surface area contributed by atoms with Gasteiger partial charge in [0.15, 0.2) is 0 Å². The van der Waals surface area contributed by atoms with Crippen molar-refractivity contribution >= 4 is 40.1 Å². The Morgan fingerprint density at radius 3 is 2.81 bits per heavy atom. The Bertz CT molecular complexity index is 1000. The maximum atomic E-state index is 12.9. The van der Waals surface area contributed by atoms with Gasteiger partial charge in [-0.2, -0.15) is 15.4 Å². The fourth-order valence-corrected chi connectivity index (χ4v) is 3.34. The predicted octanol–water partition coefficient (Wildman–Crippen LogP) is 2.49. The predicted molar refractivity (Wildman–Crippen MR) is 98.2 cm³/mol. The third-order valence-corrected chi connectivity index (χ3v) is 4.76. The quantitative estimate of drug-likeness (QED) is 0.752. The minimum atomic E-state index is -0.193. The first kappa shape index (κ1) is 16.5. The number of benzene rings is 2. The monoisotopic (exact) mass is 369 g/mol. The van der Waals surface area contributed by atoms with Gasteiger partial charge in [0.2, 0.25) is 5.91 Å². The number of anilines is 1. The van der Waals surface area contributed by atoms with Crippen molar-refractivity contribution in [2.45, 2.75) is 13.0 Å². The Morgan fingerprint density at radius 2 is 2.00 bits per heavy atom. The molecule has 1 fully saturated rings. The van der Waals surface area contributed by atoms with Crippen LogP contribution in [0.4, 0.5) is 5.69 Å². The average Bonchev–Trinajstić information content (AvgIpc) is 3.10. The zero-order valence-corrected chi connectivity index (χ0v) is 14.8. The van der Waals surface area contributed by atoms with Gasteiger partial charge in [0.05, 0.1) is 0 Å². The summed E-state index contributed by atoms with van der Waals surface area (Å²) in [5.74, 6) is -0.331. The summed E-state index contributed by atoms with van der Waals surface area (Å²) < 4.78 is 0.